The molecule has 0 unspecified atom stereocenters. The first-order valence-corrected chi connectivity index (χ1v) is 9.94. The number of fused-ring (bicyclic) bond motifs is 1. The van der Waals surface area contributed by atoms with Crippen molar-refractivity contribution < 1.29 is 4.79 Å². The van der Waals surface area contributed by atoms with E-state index in [0.29, 0.717) is 12.2 Å². The number of hydrogen-bond acceptors (Lipinski definition) is 3. The lowest BCUT2D eigenvalue weighted by Gasteiger charge is -2.05. The van der Waals surface area contributed by atoms with E-state index in [2.05, 4.69) is 45.6 Å². The molecule has 5 nitrogen and oxygen atoms in total. The van der Waals surface area contributed by atoms with Crippen LogP contribution in [0.4, 0.5) is 5.82 Å². The molecule has 0 radical (unpaired) electrons. The second kappa shape index (κ2) is 7.04. The average Bonchev–Trinajstić information content (AvgIpc) is 3.37. The summed E-state index contributed by atoms with van der Waals surface area (Å²) in [6.45, 7) is 6.14. The SMILES string of the molecule is CCc1cccc2c(CC(=O)Nc3n[nH]c(-c4cccs4)c3C)c(C)[nH]c12. The monoisotopic (exact) mass is 378 g/mol. The van der Waals surface area contributed by atoms with Crippen LogP contribution < -0.4 is 5.32 Å². The normalized spacial score (nSPS) is 11.2. The molecule has 4 aromatic rings. The Kier molecular flexibility index (Phi) is 4.58. The molecule has 0 aliphatic carbocycles. The molecule has 0 saturated carbocycles. The Morgan fingerprint density at radius 3 is 2.81 bits per heavy atom. The third-order valence-corrected chi connectivity index (χ3v) is 5.88. The number of carbonyl (C=O) groups is 1. The summed E-state index contributed by atoms with van der Waals surface area (Å²) in [5.41, 5.74) is 6.40. The number of rotatable bonds is 5. The molecular formula is C21H22N4OS. The smallest absolute Gasteiger partial charge is 0.230 e. The largest absolute Gasteiger partial charge is 0.358 e. The summed E-state index contributed by atoms with van der Waals surface area (Å²) >= 11 is 1.64. The number of hydrogen-bond donors (Lipinski definition) is 3. The molecular weight excluding hydrogens is 356 g/mol. The van der Waals surface area contributed by atoms with E-state index in [0.717, 1.165) is 44.7 Å². The molecule has 0 spiro atoms. The highest BCUT2D eigenvalue weighted by molar-refractivity contribution is 7.13. The number of amides is 1. The summed E-state index contributed by atoms with van der Waals surface area (Å²) in [7, 11) is 0. The van der Waals surface area contributed by atoms with Gasteiger partial charge in [0, 0.05) is 22.2 Å². The number of benzene rings is 1. The van der Waals surface area contributed by atoms with Crippen LogP contribution in [0.15, 0.2) is 35.7 Å². The number of aromatic amines is 2. The third kappa shape index (κ3) is 3.17. The summed E-state index contributed by atoms with van der Waals surface area (Å²) in [5.74, 6) is 0.531. The summed E-state index contributed by atoms with van der Waals surface area (Å²) in [5, 5.41) is 13.4. The fraction of sp³-hybridized carbons (Fsp3) is 0.238. The fourth-order valence-electron chi connectivity index (χ4n) is 3.50. The van der Waals surface area contributed by atoms with Crippen molar-refractivity contribution in [3.05, 3.63) is 58.1 Å². The Bertz CT molecular complexity index is 1110. The molecule has 0 bridgehead atoms. The van der Waals surface area contributed by atoms with Crippen molar-refractivity contribution >= 4 is 34.0 Å². The minimum absolute atomic E-state index is 0.0618. The Morgan fingerprint density at radius 2 is 2.07 bits per heavy atom. The third-order valence-electron chi connectivity index (χ3n) is 4.99. The molecule has 3 aromatic heterocycles. The average molecular weight is 379 g/mol. The minimum Gasteiger partial charge on any atom is -0.358 e. The van der Waals surface area contributed by atoms with Crippen molar-refractivity contribution in [2.24, 2.45) is 0 Å². The van der Waals surface area contributed by atoms with Crippen LogP contribution in [0.1, 0.15) is 29.3 Å². The Hall–Kier alpha value is -2.86. The van der Waals surface area contributed by atoms with Crippen LogP contribution in [0.5, 0.6) is 0 Å². The molecule has 0 atom stereocenters. The summed E-state index contributed by atoms with van der Waals surface area (Å²) < 4.78 is 0. The molecule has 4 rings (SSSR count). The van der Waals surface area contributed by atoms with Gasteiger partial charge in [-0.2, -0.15) is 5.10 Å². The van der Waals surface area contributed by atoms with E-state index in [1.165, 1.54) is 5.56 Å². The second-order valence-electron chi connectivity index (χ2n) is 6.70. The summed E-state index contributed by atoms with van der Waals surface area (Å²) in [6.07, 6.45) is 1.28. The number of para-hydroxylation sites is 1. The molecule has 3 heterocycles. The first-order chi connectivity index (χ1) is 13.1. The standard InChI is InChI=1S/C21H22N4OS/c1-4-14-7-5-8-15-16(13(3)22-20(14)15)11-18(26)23-21-12(2)19(24-25-21)17-9-6-10-27-17/h5-10,22H,4,11H2,1-3H3,(H2,23,24,25,26). The number of aryl methyl sites for hydroxylation is 2. The number of aromatic nitrogens is 3. The number of H-pyrrole nitrogens is 2. The topological polar surface area (TPSA) is 73.6 Å². The minimum atomic E-state index is -0.0618. The molecule has 27 heavy (non-hydrogen) atoms. The van der Waals surface area contributed by atoms with Crippen LogP contribution >= 0.6 is 11.3 Å². The van der Waals surface area contributed by atoms with Gasteiger partial charge in [0.2, 0.25) is 5.91 Å². The van der Waals surface area contributed by atoms with Gasteiger partial charge in [0.1, 0.15) is 0 Å². The molecule has 0 aliphatic rings. The highest BCUT2D eigenvalue weighted by Crippen LogP contribution is 2.30. The van der Waals surface area contributed by atoms with Gasteiger partial charge in [-0.25, -0.2) is 0 Å². The van der Waals surface area contributed by atoms with Crippen LogP contribution in [-0.4, -0.2) is 21.1 Å². The van der Waals surface area contributed by atoms with E-state index < -0.39 is 0 Å². The zero-order chi connectivity index (χ0) is 19.0. The molecule has 3 N–H and O–H groups in total. The highest BCUT2D eigenvalue weighted by atomic mass is 32.1. The van der Waals surface area contributed by atoms with Crippen LogP contribution in [0.25, 0.3) is 21.5 Å². The van der Waals surface area contributed by atoms with Crippen LogP contribution in [0, 0.1) is 13.8 Å². The first-order valence-electron chi connectivity index (χ1n) is 9.06. The lowest BCUT2D eigenvalue weighted by molar-refractivity contribution is -0.115. The lowest BCUT2D eigenvalue weighted by atomic mass is 10.0. The van der Waals surface area contributed by atoms with Crippen molar-refractivity contribution in [2.75, 3.05) is 5.32 Å². The molecule has 0 fully saturated rings. The van der Waals surface area contributed by atoms with Gasteiger partial charge in [0.15, 0.2) is 5.82 Å². The molecule has 1 aromatic carbocycles. The predicted octanol–water partition coefficient (Wildman–Crippen LogP) is 4.98. The van der Waals surface area contributed by atoms with Crippen molar-refractivity contribution in [1.29, 1.82) is 0 Å². The number of nitrogens with zero attached hydrogens (tertiary/aromatic N) is 1. The van der Waals surface area contributed by atoms with Crippen LogP contribution in [0.3, 0.4) is 0 Å². The number of nitrogens with one attached hydrogen (secondary N) is 3. The summed E-state index contributed by atoms with van der Waals surface area (Å²) in [4.78, 5) is 17.3. The fourth-order valence-corrected chi connectivity index (χ4v) is 4.28. The van der Waals surface area contributed by atoms with Gasteiger partial charge in [-0.15, -0.1) is 11.3 Å². The van der Waals surface area contributed by atoms with E-state index in [-0.39, 0.29) is 5.91 Å². The van der Waals surface area contributed by atoms with E-state index in [1.54, 1.807) is 11.3 Å². The van der Waals surface area contributed by atoms with Gasteiger partial charge in [-0.1, -0.05) is 31.2 Å². The van der Waals surface area contributed by atoms with Crippen LogP contribution in [0.2, 0.25) is 0 Å². The maximum absolute atomic E-state index is 12.7. The van der Waals surface area contributed by atoms with Crippen molar-refractivity contribution in [3.63, 3.8) is 0 Å². The highest BCUT2D eigenvalue weighted by Gasteiger charge is 2.17. The van der Waals surface area contributed by atoms with E-state index in [9.17, 15) is 4.79 Å². The maximum Gasteiger partial charge on any atom is 0.230 e. The lowest BCUT2D eigenvalue weighted by Crippen LogP contribution is -2.15. The zero-order valence-electron chi connectivity index (χ0n) is 15.6. The second-order valence-corrected chi connectivity index (χ2v) is 7.64. The van der Waals surface area contributed by atoms with E-state index in [4.69, 9.17) is 0 Å². The van der Waals surface area contributed by atoms with Crippen LogP contribution in [-0.2, 0) is 17.6 Å². The van der Waals surface area contributed by atoms with Gasteiger partial charge >= 0.3 is 0 Å². The van der Waals surface area contributed by atoms with E-state index >= 15 is 0 Å². The molecule has 1 amide bonds. The summed E-state index contributed by atoms with van der Waals surface area (Å²) in [6, 6.07) is 10.3. The first kappa shape index (κ1) is 17.5. The molecule has 138 valence electrons. The maximum atomic E-state index is 12.7. The van der Waals surface area contributed by atoms with Gasteiger partial charge in [0.05, 0.1) is 17.0 Å². The number of carbonyl (C=O) groups excluding carboxylic acids is 1. The van der Waals surface area contributed by atoms with Crippen molar-refractivity contribution in [2.45, 2.75) is 33.6 Å². The Balaban J connectivity index is 1.57. The van der Waals surface area contributed by atoms with Gasteiger partial charge in [-0.05, 0) is 42.8 Å². The molecule has 0 aliphatic heterocycles. The van der Waals surface area contributed by atoms with Gasteiger partial charge in [0.25, 0.3) is 0 Å². The van der Waals surface area contributed by atoms with Gasteiger partial charge < -0.3 is 10.3 Å². The Labute approximate surface area is 161 Å². The van der Waals surface area contributed by atoms with Crippen molar-refractivity contribution in [1.82, 2.24) is 15.2 Å². The molecule has 6 heteroatoms. The van der Waals surface area contributed by atoms with Crippen molar-refractivity contribution in [3.8, 4) is 10.6 Å². The Morgan fingerprint density at radius 1 is 1.22 bits per heavy atom. The van der Waals surface area contributed by atoms with E-state index in [1.807, 2.05) is 31.4 Å². The number of thiophene rings is 1. The van der Waals surface area contributed by atoms with Gasteiger partial charge in [-0.3, -0.25) is 9.89 Å². The molecule has 0 saturated heterocycles. The predicted molar refractivity (Wildman–Crippen MR) is 111 cm³/mol. The quantitative estimate of drug-likeness (QED) is 0.458. The number of anilines is 1. The zero-order valence-corrected chi connectivity index (χ0v) is 16.5.